The van der Waals surface area contributed by atoms with E-state index in [1.165, 1.54) is 13.2 Å². The number of benzene rings is 2. The predicted molar refractivity (Wildman–Crippen MR) is 98.0 cm³/mol. The Balaban J connectivity index is 1.91. The molecule has 4 N–H and O–H groups in total. The lowest BCUT2D eigenvalue weighted by Gasteiger charge is -2.21. The minimum atomic E-state index is -1.45. The molecular formula is C18H20BrNO6. The van der Waals surface area contributed by atoms with Gasteiger partial charge in [0.25, 0.3) is 0 Å². The summed E-state index contributed by atoms with van der Waals surface area (Å²) in [5.74, 6) is -0.134. The molecule has 0 spiro atoms. The number of ether oxygens (including phenoxy) is 2. The van der Waals surface area contributed by atoms with E-state index in [1.807, 2.05) is 30.3 Å². The molecule has 0 bridgehead atoms. The number of phenols is 1. The van der Waals surface area contributed by atoms with Crippen LogP contribution in [0.15, 0.2) is 46.9 Å². The quantitative estimate of drug-likeness (QED) is 0.542. The second-order valence-corrected chi connectivity index (χ2v) is 6.32. The number of halogens is 1. The van der Waals surface area contributed by atoms with Gasteiger partial charge >= 0.3 is 6.09 Å². The molecule has 0 heterocycles. The fourth-order valence-corrected chi connectivity index (χ4v) is 2.83. The standard InChI is InChI=1S/C18H20BrNO6/c1-25-14-8-7-12(19)15(17(14)23)16(22)13(21)9-20-18(24)26-10-11-5-3-2-4-6-11/h2-8,13,16,21-23H,9-10H2,1H3,(H,20,24). The SMILES string of the molecule is COc1ccc(Br)c(C(O)C(O)CNC(=O)OCc2ccccc2)c1O. The Kier molecular flexibility index (Phi) is 7.26. The van der Waals surface area contributed by atoms with Crippen LogP contribution in [-0.4, -0.2) is 41.2 Å². The first-order chi connectivity index (χ1) is 12.4. The molecule has 2 unspecified atom stereocenters. The van der Waals surface area contributed by atoms with E-state index in [2.05, 4.69) is 21.2 Å². The lowest BCUT2D eigenvalue weighted by molar-refractivity contribution is 0.0165. The van der Waals surface area contributed by atoms with Crippen LogP contribution in [-0.2, 0) is 11.3 Å². The molecule has 0 saturated carbocycles. The van der Waals surface area contributed by atoms with Gasteiger partial charge in [0.05, 0.1) is 7.11 Å². The fraction of sp³-hybridized carbons (Fsp3) is 0.278. The Morgan fingerprint density at radius 1 is 1.19 bits per heavy atom. The van der Waals surface area contributed by atoms with Crippen molar-refractivity contribution in [2.24, 2.45) is 0 Å². The van der Waals surface area contributed by atoms with Gasteiger partial charge in [-0.2, -0.15) is 0 Å². The maximum atomic E-state index is 11.7. The normalized spacial score (nSPS) is 12.9. The molecule has 8 heteroatoms. The summed E-state index contributed by atoms with van der Waals surface area (Å²) in [5, 5.41) is 32.9. The number of carbonyl (C=O) groups excluding carboxylic acids is 1. The number of alkyl carbamates (subject to hydrolysis) is 1. The van der Waals surface area contributed by atoms with Crippen LogP contribution >= 0.6 is 15.9 Å². The number of hydrogen-bond donors (Lipinski definition) is 4. The maximum absolute atomic E-state index is 11.7. The van der Waals surface area contributed by atoms with Crippen molar-refractivity contribution in [1.82, 2.24) is 5.32 Å². The smallest absolute Gasteiger partial charge is 0.407 e. The molecule has 26 heavy (non-hydrogen) atoms. The van der Waals surface area contributed by atoms with E-state index >= 15 is 0 Å². The highest BCUT2D eigenvalue weighted by molar-refractivity contribution is 9.10. The molecule has 0 radical (unpaired) electrons. The molecule has 0 aromatic heterocycles. The summed E-state index contributed by atoms with van der Waals surface area (Å²) in [4.78, 5) is 11.7. The Morgan fingerprint density at radius 2 is 1.88 bits per heavy atom. The van der Waals surface area contributed by atoms with E-state index in [4.69, 9.17) is 9.47 Å². The summed E-state index contributed by atoms with van der Waals surface area (Å²) in [5.41, 5.74) is 0.893. The Hall–Kier alpha value is -2.29. The lowest BCUT2D eigenvalue weighted by atomic mass is 10.0. The van der Waals surface area contributed by atoms with Crippen molar-refractivity contribution in [1.29, 1.82) is 0 Å². The first-order valence-corrected chi connectivity index (χ1v) is 8.59. The van der Waals surface area contributed by atoms with Gasteiger partial charge in [0.2, 0.25) is 0 Å². The zero-order chi connectivity index (χ0) is 19.1. The largest absolute Gasteiger partial charge is 0.504 e. The van der Waals surface area contributed by atoms with Crippen LogP contribution in [0.1, 0.15) is 17.2 Å². The summed E-state index contributed by atoms with van der Waals surface area (Å²) in [6.07, 6.45) is -3.54. The predicted octanol–water partition coefficient (Wildman–Crippen LogP) is 2.48. The second kappa shape index (κ2) is 9.42. The maximum Gasteiger partial charge on any atom is 0.407 e. The number of methoxy groups -OCH3 is 1. The minimum Gasteiger partial charge on any atom is -0.504 e. The zero-order valence-corrected chi connectivity index (χ0v) is 15.6. The third kappa shape index (κ3) is 5.10. The molecule has 2 aromatic carbocycles. The number of phenolic OH excluding ortho intramolecular Hbond substituents is 1. The zero-order valence-electron chi connectivity index (χ0n) is 14.1. The number of aromatic hydroxyl groups is 1. The van der Waals surface area contributed by atoms with Crippen LogP contribution in [0.5, 0.6) is 11.5 Å². The van der Waals surface area contributed by atoms with Gasteiger partial charge in [-0.3, -0.25) is 0 Å². The molecule has 140 valence electrons. The monoisotopic (exact) mass is 425 g/mol. The van der Waals surface area contributed by atoms with Crippen LogP contribution in [0.3, 0.4) is 0 Å². The van der Waals surface area contributed by atoms with Gasteiger partial charge in [-0.05, 0) is 17.7 Å². The third-order valence-corrected chi connectivity index (χ3v) is 4.37. The number of carbonyl (C=O) groups is 1. The first-order valence-electron chi connectivity index (χ1n) is 7.80. The molecule has 1 amide bonds. The van der Waals surface area contributed by atoms with Gasteiger partial charge in [-0.15, -0.1) is 0 Å². The minimum absolute atomic E-state index is 0.0660. The Labute approximate surface area is 159 Å². The van der Waals surface area contributed by atoms with Crippen LogP contribution in [0.25, 0.3) is 0 Å². The van der Waals surface area contributed by atoms with E-state index in [1.54, 1.807) is 6.07 Å². The van der Waals surface area contributed by atoms with Gasteiger partial charge in [0, 0.05) is 16.6 Å². The molecule has 0 saturated heterocycles. The molecular weight excluding hydrogens is 406 g/mol. The van der Waals surface area contributed by atoms with Crippen molar-refractivity contribution >= 4 is 22.0 Å². The van der Waals surface area contributed by atoms with Crippen molar-refractivity contribution in [3.63, 3.8) is 0 Å². The van der Waals surface area contributed by atoms with Gasteiger partial charge < -0.3 is 30.1 Å². The average molecular weight is 426 g/mol. The summed E-state index contributed by atoms with van der Waals surface area (Å²) >= 11 is 3.21. The van der Waals surface area contributed by atoms with Crippen LogP contribution in [0.4, 0.5) is 4.79 Å². The molecule has 0 aliphatic rings. The van der Waals surface area contributed by atoms with Crippen molar-refractivity contribution in [2.45, 2.75) is 18.8 Å². The number of amides is 1. The topological polar surface area (TPSA) is 108 Å². The van der Waals surface area contributed by atoms with Crippen LogP contribution < -0.4 is 10.1 Å². The van der Waals surface area contributed by atoms with E-state index < -0.39 is 18.3 Å². The summed E-state index contributed by atoms with van der Waals surface area (Å²) in [6.45, 7) is -0.175. The highest BCUT2D eigenvalue weighted by Gasteiger charge is 2.26. The third-order valence-electron chi connectivity index (χ3n) is 3.68. The fourth-order valence-electron chi connectivity index (χ4n) is 2.28. The molecule has 0 fully saturated rings. The second-order valence-electron chi connectivity index (χ2n) is 5.47. The highest BCUT2D eigenvalue weighted by atomic mass is 79.9. The molecule has 2 aromatic rings. The molecule has 2 atom stereocenters. The average Bonchev–Trinajstić information content (AvgIpc) is 2.65. The Morgan fingerprint density at radius 3 is 2.54 bits per heavy atom. The number of aliphatic hydroxyl groups excluding tert-OH is 2. The van der Waals surface area contributed by atoms with Gasteiger partial charge in [0.15, 0.2) is 11.5 Å². The van der Waals surface area contributed by atoms with Crippen molar-refractivity contribution in [3.05, 3.63) is 58.1 Å². The molecule has 2 rings (SSSR count). The van der Waals surface area contributed by atoms with Crippen molar-refractivity contribution in [2.75, 3.05) is 13.7 Å². The van der Waals surface area contributed by atoms with E-state index in [9.17, 15) is 20.1 Å². The highest BCUT2D eigenvalue weighted by Crippen LogP contribution is 2.39. The molecule has 0 aliphatic carbocycles. The van der Waals surface area contributed by atoms with Gasteiger partial charge in [-0.25, -0.2) is 4.79 Å². The summed E-state index contributed by atoms with van der Waals surface area (Å²) < 4.78 is 10.4. The summed E-state index contributed by atoms with van der Waals surface area (Å²) in [7, 11) is 1.37. The van der Waals surface area contributed by atoms with E-state index in [0.717, 1.165) is 5.56 Å². The van der Waals surface area contributed by atoms with E-state index in [-0.39, 0.29) is 30.2 Å². The number of rotatable bonds is 7. The van der Waals surface area contributed by atoms with Crippen molar-refractivity contribution in [3.8, 4) is 11.5 Å². The van der Waals surface area contributed by atoms with Crippen LogP contribution in [0, 0.1) is 0 Å². The molecule has 7 nitrogen and oxygen atoms in total. The number of hydrogen-bond acceptors (Lipinski definition) is 6. The molecule has 0 aliphatic heterocycles. The van der Waals surface area contributed by atoms with Gasteiger partial charge in [0.1, 0.15) is 18.8 Å². The lowest BCUT2D eigenvalue weighted by Crippen LogP contribution is -2.35. The summed E-state index contributed by atoms with van der Waals surface area (Å²) in [6, 6.07) is 12.2. The number of nitrogens with one attached hydrogen (secondary N) is 1. The van der Waals surface area contributed by atoms with E-state index in [0.29, 0.717) is 4.47 Å². The number of aliphatic hydroxyl groups is 2. The first kappa shape index (κ1) is 20.0. The van der Waals surface area contributed by atoms with Crippen LogP contribution in [0.2, 0.25) is 0 Å². The van der Waals surface area contributed by atoms with Gasteiger partial charge in [-0.1, -0.05) is 46.3 Å². The Bertz CT molecular complexity index is 740. The van der Waals surface area contributed by atoms with Crippen molar-refractivity contribution < 1.29 is 29.6 Å².